The number of carbonyl (C=O) groups excluding carboxylic acids is 1. The highest BCUT2D eigenvalue weighted by molar-refractivity contribution is 5.81. The number of likely N-dealkylation sites (N-methyl/N-ethyl adjacent to an activating group) is 2. The van der Waals surface area contributed by atoms with E-state index in [0.717, 1.165) is 26.1 Å². The van der Waals surface area contributed by atoms with Crippen molar-refractivity contribution in [2.45, 2.75) is 51.1 Å². The molecule has 2 fully saturated rings. The fraction of sp³-hybridized carbons (Fsp3) is 0.929. The van der Waals surface area contributed by atoms with Gasteiger partial charge in [-0.15, -0.1) is 0 Å². The molecule has 2 aliphatic heterocycles. The fourth-order valence-electron chi connectivity index (χ4n) is 3.25. The third-order valence-corrected chi connectivity index (χ3v) is 4.37. The molecule has 0 aliphatic carbocycles. The maximum Gasteiger partial charge on any atom is 0.239 e. The maximum absolute atomic E-state index is 12.3. The average Bonchev–Trinajstić information content (AvgIpc) is 2.86. The first-order chi connectivity index (χ1) is 8.72. The molecule has 4 heteroatoms. The first-order valence-electron chi connectivity index (χ1n) is 7.44. The number of hydrogen-bond acceptors (Lipinski definition) is 3. The van der Waals surface area contributed by atoms with Gasteiger partial charge in [-0.1, -0.05) is 13.3 Å². The highest BCUT2D eigenvalue weighted by atomic mass is 16.2. The normalized spacial score (nSPS) is 29.4. The summed E-state index contributed by atoms with van der Waals surface area (Å²) in [4.78, 5) is 16.8. The van der Waals surface area contributed by atoms with Gasteiger partial charge in [-0.05, 0) is 45.3 Å². The number of carbonyl (C=O) groups is 1. The Kier molecular flexibility index (Phi) is 5.01. The van der Waals surface area contributed by atoms with Crippen LogP contribution in [0, 0.1) is 0 Å². The average molecular weight is 253 g/mol. The van der Waals surface area contributed by atoms with Crippen LogP contribution in [0.4, 0.5) is 0 Å². The molecule has 104 valence electrons. The summed E-state index contributed by atoms with van der Waals surface area (Å²) in [5.41, 5.74) is 0. The summed E-state index contributed by atoms with van der Waals surface area (Å²) >= 11 is 0. The minimum absolute atomic E-state index is 0.0697. The van der Waals surface area contributed by atoms with E-state index < -0.39 is 0 Å². The van der Waals surface area contributed by atoms with Crippen molar-refractivity contribution in [2.24, 2.45) is 0 Å². The van der Waals surface area contributed by atoms with Gasteiger partial charge in [0.25, 0.3) is 0 Å². The van der Waals surface area contributed by atoms with Gasteiger partial charge in [-0.25, -0.2) is 0 Å². The van der Waals surface area contributed by atoms with Gasteiger partial charge in [-0.3, -0.25) is 9.69 Å². The first-order valence-corrected chi connectivity index (χ1v) is 7.44. The van der Waals surface area contributed by atoms with E-state index in [9.17, 15) is 4.79 Å². The second-order valence-corrected chi connectivity index (χ2v) is 5.65. The molecular weight excluding hydrogens is 226 g/mol. The Bertz CT molecular complexity index is 276. The van der Waals surface area contributed by atoms with Crippen LogP contribution in [-0.2, 0) is 4.79 Å². The first kappa shape index (κ1) is 13.8. The van der Waals surface area contributed by atoms with Gasteiger partial charge in [0.2, 0.25) is 5.91 Å². The van der Waals surface area contributed by atoms with Crippen LogP contribution in [0.5, 0.6) is 0 Å². The molecule has 1 N–H and O–H groups in total. The molecule has 2 saturated heterocycles. The van der Waals surface area contributed by atoms with Gasteiger partial charge in [0.15, 0.2) is 0 Å². The lowest BCUT2D eigenvalue weighted by Gasteiger charge is -2.31. The van der Waals surface area contributed by atoms with Crippen LogP contribution in [0.1, 0.15) is 39.0 Å². The van der Waals surface area contributed by atoms with Gasteiger partial charge >= 0.3 is 0 Å². The molecule has 0 aromatic carbocycles. The van der Waals surface area contributed by atoms with E-state index in [1.165, 1.54) is 32.2 Å². The Morgan fingerprint density at radius 1 is 1.33 bits per heavy atom. The Morgan fingerprint density at radius 3 is 2.83 bits per heavy atom. The van der Waals surface area contributed by atoms with E-state index in [0.29, 0.717) is 6.04 Å². The van der Waals surface area contributed by atoms with Crippen LogP contribution in [0.15, 0.2) is 0 Å². The number of rotatable bonds is 4. The van der Waals surface area contributed by atoms with Crippen molar-refractivity contribution >= 4 is 5.91 Å². The minimum atomic E-state index is 0.0697. The van der Waals surface area contributed by atoms with Crippen molar-refractivity contribution in [3.8, 4) is 0 Å². The summed E-state index contributed by atoms with van der Waals surface area (Å²) in [6.45, 7) is 6.40. The van der Waals surface area contributed by atoms with E-state index in [2.05, 4.69) is 17.1 Å². The molecule has 0 aromatic rings. The van der Waals surface area contributed by atoms with Gasteiger partial charge in [0.05, 0.1) is 6.04 Å². The van der Waals surface area contributed by atoms with Crippen molar-refractivity contribution in [2.75, 3.05) is 33.2 Å². The molecule has 0 aromatic heterocycles. The SMILES string of the molecule is CCN1CCCC1CN(C)C(=O)[C@@H]1CCCCN1. The largest absolute Gasteiger partial charge is 0.343 e. The van der Waals surface area contributed by atoms with Crippen molar-refractivity contribution in [3.05, 3.63) is 0 Å². The molecule has 1 amide bonds. The van der Waals surface area contributed by atoms with Crippen LogP contribution >= 0.6 is 0 Å². The molecule has 2 atom stereocenters. The summed E-state index contributed by atoms with van der Waals surface area (Å²) in [5, 5.41) is 3.35. The molecule has 0 bridgehead atoms. The lowest BCUT2D eigenvalue weighted by Crippen LogP contribution is -2.50. The van der Waals surface area contributed by atoms with Gasteiger partial charge in [0.1, 0.15) is 0 Å². The second kappa shape index (κ2) is 6.53. The van der Waals surface area contributed by atoms with Crippen LogP contribution in [0.25, 0.3) is 0 Å². The topological polar surface area (TPSA) is 35.6 Å². The molecule has 0 saturated carbocycles. The predicted octanol–water partition coefficient (Wildman–Crippen LogP) is 1.07. The molecule has 1 unspecified atom stereocenters. The standard InChI is InChI=1S/C14H27N3O/c1-3-17-10-6-7-12(17)11-16(2)14(18)13-8-4-5-9-15-13/h12-13,15H,3-11H2,1-2H3/t12?,13-/m0/s1. The van der Waals surface area contributed by atoms with Crippen LogP contribution in [0.3, 0.4) is 0 Å². The molecular formula is C14H27N3O. The van der Waals surface area contributed by atoms with Crippen LogP contribution in [0.2, 0.25) is 0 Å². The highest BCUT2D eigenvalue weighted by Crippen LogP contribution is 2.18. The van der Waals surface area contributed by atoms with E-state index in [1.54, 1.807) is 0 Å². The Labute approximate surface area is 111 Å². The monoisotopic (exact) mass is 253 g/mol. The Hall–Kier alpha value is -0.610. The van der Waals surface area contributed by atoms with Crippen LogP contribution < -0.4 is 5.32 Å². The third kappa shape index (κ3) is 3.23. The summed E-state index contributed by atoms with van der Waals surface area (Å²) in [5.74, 6) is 0.289. The highest BCUT2D eigenvalue weighted by Gasteiger charge is 2.28. The van der Waals surface area contributed by atoms with E-state index in [1.807, 2.05) is 11.9 Å². The van der Waals surface area contributed by atoms with E-state index in [4.69, 9.17) is 0 Å². The van der Waals surface area contributed by atoms with E-state index in [-0.39, 0.29) is 11.9 Å². The lowest BCUT2D eigenvalue weighted by molar-refractivity contribution is -0.133. The van der Waals surface area contributed by atoms with Crippen molar-refractivity contribution in [3.63, 3.8) is 0 Å². The predicted molar refractivity (Wildman–Crippen MR) is 73.5 cm³/mol. The zero-order valence-electron chi connectivity index (χ0n) is 11.8. The zero-order chi connectivity index (χ0) is 13.0. The lowest BCUT2D eigenvalue weighted by atomic mass is 10.0. The summed E-state index contributed by atoms with van der Waals surface area (Å²) in [6, 6.07) is 0.646. The molecule has 2 aliphatic rings. The maximum atomic E-state index is 12.3. The number of amides is 1. The third-order valence-electron chi connectivity index (χ3n) is 4.37. The Balaban J connectivity index is 1.82. The molecule has 0 spiro atoms. The summed E-state index contributed by atoms with van der Waals surface area (Å²) in [6.07, 6.45) is 5.92. The van der Waals surface area contributed by atoms with Crippen molar-refractivity contribution in [1.29, 1.82) is 0 Å². The van der Waals surface area contributed by atoms with Gasteiger partial charge in [0, 0.05) is 19.6 Å². The number of piperidine rings is 1. The molecule has 0 radical (unpaired) electrons. The quantitative estimate of drug-likeness (QED) is 0.814. The number of nitrogens with zero attached hydrogens (tertiary/aromatic N) is 2. The van der Waals surface area contributed by atoms with Crippen molar-refractivity contribution < 1.29 is 4.79 Å². The smallest absolute Gasteiger partial charge is 0.239 e. The molecule has 2 rings (SSSR count). The molecule has 2 heterocycles. The minimum Gasteiger partial charge on any atom is -0.343 e. The summed E-state index contributed by atoms with van der Waals surface area (Å²) < 4.78 is 0. The molecule has 4 nitrogen and oxygen atoms in total. The second-order valence-electron chi connectivity index (χ2n) is 5.65. The van der Waals surface area contributed by atoms with Gasteiger partial charge in [-0.2, -0.15) is 0 Å². The number of hydrogen-bond donors (Lipinski definition) is 1. The zero-order valence-corrected chi connectivity index (χ0v) is 11.8. The van der Waals surface area contributed by atoms with Crippen LogP contribution in [-0.4, -0.2) is 61.0 Å². The summed E-state index contributed by atoms with van der Waals surface area (Å²) in [7, 11) is 1.96. The van der Waals surface area contributed by atoms with E-state index >= 15 is 0 Å². The number of nitrogens with one attached hydrogen (secondary N) is 1. The number of likely N-dealkylation sites (tertiary alicyclic amines) is 1. The van der Waals surface area contributed by atoms with Gasteiger partial charge < -0.3 is 10.2 Å². The Morgan fingerprint density at radius 2 is 2.17 bits per heavy atom. The van der Waals surface area contributed by atoms with Crippen molar-refractivity contribution in [1.82, 2.24) is 15.1 Å². The molecule has 18 heavy (non-hydrogen) atoms. The fourth-order valence-corrected chi connectivity index (χ4v) is 3.25.